The van der Waals surface area contributed by atoms with Gasteiger partial charge in [0.25, 0.3) is 0 Å². The molecule has 0 saturated carbocycles. The van der Waals surface area contributed by atoms with Crippen molar-refractivity contribution in [2.45, 2.75) is 39.0 Å². The predicted molar refractivity (Wildman–Crippen MR) is 100 cm³/mol. The third kappa shape index (κ3) is 3.38. The van der Waals surface area contributed by atoms with Crippen molar-refractivity contribution in [3.8, 4) is 11.5 Å². The fraction of sp³-hybridized carbons (Fsp3) is 0.273. The second-order valence-electron chi connectivity index (χ2n) is 6.50. The van der Waals surface area contributed by atoms with Gasteiger partial charge >= 0.3 is 0 Å². The zero-order valence-corrected chi connectivity index (χ0v) is 14.3. The van der Waals surface area contributed by atoms with Crippen molar-refractivity contribution in [1.29, 1.82) is 0 Å². The van der Waals surface area contributed by atoms with Gasteiger partial charge in [-0.05, 0) is 77.3 Å². The second-order valence-corrected chi connectivity index (χ2v) is 6.50. The Morgan fingerprint density at radius 2 is 1.46 bits per heavy atom. The smallest absolute Gasteiger partial charge is 0.119 e. The van der Waals surface area contributed by atoms with Gasteiger partial charge in [-0.3, -0.25) is 0 Å². The Kier molecular flexibility index (Phi) is 4.75. The van der Waals surface area contributed by atoms with Gasteiger partial charge in [0, 0.05) is 0 Å². The monoisotopic (exact) mass is 320 g/mol. The average molecular weight is 320 g/mol. The van der Waals surface area contributed by atoms with Crippen LogP contribution in [0.25, 0.3) is 11.1 Å². The molecule has 3 rings (SSSR count). The highest BCUT2D eigenvalue weighted by Crippen LogP contribution is 2.35. The lowest BCUT2D eigenvalue weighted by Crippen LogP contribution is -1.97. The standard InChI is InChI=1S/C22H24O2/c1-3-15(2)21-14-19(10-13-22(21)24)18-6-4-16(5-7-18)17-8-11-20(23)12-9-17/h4,7-15,23-24H,3,5-6H2,1-2H3. The molecule has 0 radical (unpaired) electrons. The first kappa shape index (κ1) is 16.4. The number of phenolic OH excluding ortho intramolecular Hbond substituents is 2. The van der Waals surface area contributed by atoms with E-state index in [9.17, 15) is 10.2 Å². The van der Waals surface area contributed by atoms with Gasteiger partial charge in [0.15, 0.2) is 0 Å². The quantitative estimate of drug-likeness (QED) is 0.739. The summed E-state index contributed by atoms with van der Waals surface area (Å²) < 4.78 is 0. The molecular formula is C22H24O2. The molecule has 0 heterocycles. The normalized spacial score (nSPS) is 15.6. The molecule has 24 heavy (non-hydrogen) atoms. The summed E-state index contributed by atoms with van der Waals surface area (Å²) in [7, 11) is 0. The van der Waals surface area contributed by atoms with E-state index in [1.165, 1.54) is 16.7 Å². The molecule has 2 nitrogen and oxygen atoms in total. The number of phenols is 2. The van der Waals surface area contributed by atoms with Crippen molar-refractivity contribution in [3.05, 3.63) is 71.3 Å². The summed E-state index contributed by atoms with van der Waals surface area (Å²) in [5.41, 5.74) is 5.99. The van der Waals surface area contributed by atoms with E-state index in [4.69, 9.17) is 0 Å². The SMILES string of the molecule is CCC(C)c1cc(C2=CCC(c3ccc(O)cc3)=CC2)ccc1O. The first-order valence-corrected chi connectivity index (χ1v) is 8.59. The van der Waals surface area contributed by atoms with Crippen LogP contribution in [0.4, 0.5) is 0 Å². The third-order valence-corrected chi connectivity index (χ3v) is 4.92. The summed E-state index contributed by atoms with van der Waals surface area (Å²) in [5, 5.41) is 19.5. The molecule has 1 aliphatic rings. The van der Waals surface area contributed by atoms with Crippen LogP contribution in [0, 0.1) is 0 Å². The molecule has 1 aliphatic carbocycles. The van der Waals surface area contributed by atoms with Gasteiger partial charge in [0.05, 0.1) is 0 Å². The number of allylic oxidation sites excluding steroid dienone is 4. The van der Waals surface area contributed by atoms with Gasteiger partial charge in [0.1, 0.15) is 11.5 Å². The van der Waals surface area contributed by atoms with Crippen LogP contribution in [0.5, 0.6) is 11.5 Å². The molecule has 1 unspecified atom stereocenters. The summed E-state index contributed by atoms with van der Waals surface area (Å²) >= 11 is 0. The highest BCUT2D eigenvalue weighted by atomic mass is 16.3. The molecule has 1 atom stereocenters. The molecule has 0 spiro atoms. The Morgan fingerprint density at radius 1 is 0.875 bits per heavy atom. The summed E-state index contributed by atoms with van der Waals surface area (Å²) in [6.45, 7) is 4.29. The van der Waals surface area contributed by atoms with Gasteiger partial charge in [-0.15, -0.1) is 0 Å². The molecule has 0 fully saturated rings. The largest absolute Gasteiger partial charge is 0.508 e. The van der Waals surface area contributed by atoms with Crippen LogP contribution in [0.2, 0.25) is 0 Å². The summed E-state index contributed by atoms with van der Waals surface area (Å²) in [4.78, 5) is 0. The van der Waals surface area contributed by atoms with Crippen molar-refractivity contribution in [3.63, 3.8) is 0 Å². The lowest BCUT2D eigenvalue weighted by atomic mass is 9.88. The minimum Gasteiger partial charge on any atom is -0.508 e. The number of hydrogen-bond donors (Lipinski definition) is 2. The number of aromatic hydroxyl groups is 2. The first-order valence-electron chi connectivity index (χ1n) is 8.59. The lowest BCUT2D eigenvalue weighted by molar-refractivity contribution is 0.462. The number of rotatable bonds is 4. The predicted octanol–water partition coefficient (Wildman–Crippen LogP) is 5.87. The summed E-state index contributed by atoms with van der Waals surface area (Å²) in [6, 6.07) is 13.3. The Labute approximate surface area is 143 Å². The molecule has 0 aromatic heterocycles. The minimum absolute atomic E-state index is 0.299. The molecule has 2 aromatic rings. The highest BCUT2D eigenvalue weighted by molar-refractivity contribution is 5.78. The zero-order chi connectivity index (χ0) is 17.1. The fourth-order valence-electron chi connectivity index (χ4n) is 3.15. The second kappa shape index (κ2) is 6.96. The molecular weight excluding hydrogens is 296 g/mol. The van der Waals surface area contributed by atoms with Gasteiger partial charge in [-0.25, -0.2) is 0 Å². The Balaban J connectivity index is 1.80. The van der Waals surface area contributed by atoms with Crippen molar-refractivity contribution in [2.75, 3.05) is 0 Å². The molecule has 2 aromatic carbocycles. The summed E-state index contributed by atoms with van der Waals surface area (Å²) in [6.07, 6.45) is 7.33. The van der Waals surface area contributed by atoms with Crippen LogP contribution in [-0.2, 0) is 0 Å². The van der Waals surface area contributed by atoms with E-state index >= 15 is 0 Å². The van der Waals surface area contributed by atoms with E-state index in [2.05, 4.69) is 32.1 Å². The van der Waals surface area contributed by atoms with Crippen LogP contribution in [-0.4, -0.2) is 10.2 Å². The number of benzene rings is 2. The minimum atomic E-state index is 0.299. The topological polar surface area (TPSA) is 40.5 Å². The third-order valence-electron chi connectivity index (χ3n) is 4.92. The van der Waals surface area contributed by atoms with Gasteiger partial charge in [-0.1, -0.05) is 44.2 Å². The Bertz CT molecular complexity index is 782. The molecule has 0 saturated heterocycles. The first-order chi connectivity index (χ1) is 11.6. The van der Waals surface area contributed by atoms with Crippen LogP contribution in [0.3, 0.4) is 0 Å². The molecule has 0 bridgehead atoms. The van der Waals surface area contributed by atoms with Crippen molar-refractivity contribution >= 4 is 11.1 Å². The Hall–Kier alpha value is -2.48. The van der Waals surface area contributed by atoms with Gasteiger partial charge in [0.2, 0.25) is 0 Å². The number of hydrogen-bond acceptors (Lipinski definition) is 2. The van der Waals surface area contributed by atoms with Crippen molar-refractivity contribution < 1.29 is 10.2 Å². The highest BCUT2D eigenvalue weighted by Gasteiger charge is 2.13. The van der Waals surface area contributed by atoms with E-state index in [-0.39, 0.29) is 0 Å². The van der Waals surface area contributed by atoms with Crippen LogP contribution in [0.1, 0.15) is 55.7 Å². The molecule has 124 valence electrons. The van der Waals surface area contributed by atoms with E-state index < -0.39 is 0 Å². The molecule has 0 amide bonds. The molecule has 2 heteroatoms. The van der Waals surface area contributed by atoms with Gasteiger partial charge < -0.3 is 10.2 Å². The molecule has 2 N–H and O–H groups in total. The van der Waals surface area contributed by atoms with Crippen LogP contribution < -0.4 is 0 Å². The maximum absolute atomic E-state index is 10.1. The average Bonchev–Trinajstić information content (AvgIpc) is 2.62. The molecule has 0 aliphatic heterocycles. The fourth-order valence-corrected chi connectivity index (χ4v) is 3.15. The van der Waals surface area contributed by atoms with Crippen LogP contribution in [0.15, 0.2) is 54.6 Å². The van der Waals surface area contributed by atoms with Crippen molar-refractivity contribution in [1.82, 2.24) is 0 Å². The van der Waals surface area contributed by atoms with E-state index in [1.54, 1.807) is 12.1 Å². The zero-order valence-electron chi connectivity index (χ0n) is 14.3. The maximum Gasteiger partial charge on any atom is 0.119 e. The van der Waals surface area contributed by atoms with Crippen LogP contribution >= 0.6 is 0 Å². The lowest BCUT2D eigenvalue weighted by Gasteiger charge is -2.17. The van der Waals surface area contributed by atoms with Crippen molar-refractivity contribution in [2.24, 2.45) is 0 Å². The van der Waals surface area contributed by atoms with E-state index in [0.717, 1.165) is 30.4 Å². The summed E-state index contributed by atoms with van der Waals surface area (Å²) in [5.74, 6) is 1.05. The maximum atomic E-state index is 10.1. The van der Waals surface area contributed by atoms with E-state index in [1.807, 2.05) is 24.3 Å². The van der Waals surface area contributed by atoms with E-state index in [0.29, 0.717) is 17.4 Å². The van der Waals surface area contributed by atoms with Gasteiger partial charge in [-0.2, -0.15) is 0 Å². The Morgan fingerprint density at radius 3 is 2.04 bits per heavy atom.